The molecule has 0 aliphatic carbocycles. The molecule has 1 rings (SSSR count). The third-order valence-electron chi connectivity index (χ3n) is 4.22. The molecule has 0 aliphatic heterocycles. The van der Waals surface area contributed by atoms with E-state index in [0.717, 1.165) is 10.6 Å². The predicted octanol–water partition coefficient (Wildman–Crippen LogP) is 4.33. The van der Waals surface area contributed by atoms with Crippen LogP contribution in [-0.2, 0) is 14.8 Å². The van der Waals surface area contributed by atoms with Crippen molar-refractivity contribution in [2.75, 3.05) is 10.6 Å². The second kappa shape index (κ2) is 9.29. The topological polar surface area (TPSA) is 66.5 Å². The highest BCUT2D eigenvalue weighted by molar-refractivity contribution is 7.92. The van der Waals surface area contributed by atoms with Crippen molar-refractivity contribution in [3.8, 4) is 0 Å². The number of benzene rings is 1. The quantitative estimate of drug-likeness (QED) is 0.677. The van der Waals surface area contributed by atoms with E-state index in [-0.39, 0.29) is 34.5 Å². The Hall–Kier alpha value is -0.980. The van der Waals surface area contributed by atoms with Crippen LogP contribution < -0.4 is 9.62 Å². The maximum Gasteiger partial charge on any atom is 0.244 e. The van der Waals surface area contributed by atoms with Crippen LogP contribution >= 0.6 is 23.2 Å². The molecule has 0 saturated carbocycles. The van der Waals surface area contributed by atoms with Gasteiger partial charge in [-0.05, 0) is 36.5 Å². The fraction of sp³-hybridized carbons (Fsp3) is 0.611. The van der Waals surface area contributed by atoms with Crippen molar-refractivity contribution in [3.05, 3.63) is 28.2 Å². The first-order chi connectivity index (χ1) is 11.9. The number of hydrogen-bond donors (Lipinski definition) is 1. The molecule has 8 heteroatoms. The molecule has 1 aromatic rings. The lowest BCUT2D eigenvalue weighted by Crippen LogP contribution is -2.53. The van der Waals surface area contributed by atoms with Crippen LogP contribution in [-0.4, -0.2) is 32.7 Å². The van der Waals surface area contributed by atoms with Crippen LogP contribution in [0.2, 0.25) is 10.0 Å². The number of nitrogens with zero attached hydrogens (tertiary/aromatic N) is 1. The van der Waals surface area contributed by atoms with Gasteiger partial charge in [0.05, 0.1) is 17.0 Å². The van der Waals surface area contributed by atoms with Crippen molar-refractivity contribution in [1.29, 1.82) is 0 Å². The first kappa shape index (κ1) is 23.1. The Kier molecular flexibility index (Phi) is 8.24. The molecule has 148 valence electrons. The average Bonchev–Trinajstić information content (AvgIpc) is 2.50. The van der Waals surface area contributed by atoms with Crippen LogP contribution in [0.15, 0.2) is 18.2 Å². The number of anilines is 1. The van der Waals surface area contributed by atoms with Gasteiger partial charge in [0.15, 0.2) is 0 Å². The zero-order chi connectivity index (χ0) is 20.2. The predicted molar refractivity (Wildman–Crippen MR) is 109 cm³/mol. The summed E-state index contributed by atoms with van der Waals surface area (Å²) in [6.07, 6.45) is 1.35. The third kappa shape index (κ3) is 5.76. The molecule has 1 N–H and O–H groups in total. The summed E-state index contributed by atoms with van der Waals surface area (Å²) in [6.45, 7) is 9.85. The monoisotopic (exact) mass is 422 g/mol. The van der Waals surface area contributed by atoms with Gasteiger partial charge in [-0.3, -0.25) is 9.10 Å². The van der Waals surface area contributed by atoms with E-state index < -0.39 is 16.1 Å². The average molecular weight is 423 g/mol. The Labute approximate surface area is 167 Å². The maximum atomic E-state index is 13.0. The molecular weight excluding hydrogens is 395 g/mol. The van der Waals surface area contributed by atoms with E-state index in [4.69, 9.17) is 23.2 Å². The second-order valence-electron chi connectivity index (χ2n) is 7.10. The molecule has 0 heterocycles. The molecule has 0 saturated heterocycles. The van der Waals surface area contributed by atoms with Gasteiger partial charge < -0.3 is 5.32 Å². The van der Waals surface area contributed by atoms with Crippen LogP contribution in [0.5, 0.6) is 0 Å². The largest absolute Gasteiger partial charge is 0.351 e. The molecule has 0 bridgehead atoms. The van der Waals surface area contributed by atoms with Crippen LogP contribution in [0.4, 0.5) is 5.69 Å². The van der Waals surface area contributed by atoms with E-state index >= 15 is 0 Å². The van der Waals surface area contributed by atoms with E-state index in [0.29, 0.717) is 11.4 Å². The molecule has 1 amide bonds. The summed E-state index contributed by atoms with van der Waals surface area (Å²) in [5.74, 6) is 0.0946. The maximum absolute atomic E-state index is 13.0. The highest BCUT2D eigenvalue weighted by Crippen LogP contribution is 2.33. The number of nitrogens with one attached hydrogen (secondary N) is 1. The van der Waals surface area contributed by atoms with Crippen molar-refractivity contribution in [2.24, 2.45) is 11.8 Å². The van der Waals surface area contributed by atoms with E-state index in [9.17, 15) is 13.2 Å². The van der Waals surface area contributed by atoms with Gasteiger partial charge in [-0.15, -0.1) is 0 Å². The minimum Gasteiger partial charge on any atom is -0.351 e. The summed E-state index contributed by atoms with van der Waals surface area (Å²) in [6, 6.07) is 3.58. The van der Waals surface area contributed by atoms with Crippen LogP contribution in [0, 0.1) is 11.8 Å². The number of rotatable bonds is 8. The first-order valence-corrected chi connectivity index (χ1v) is 11.2. The molecule has 0 spiro atoms. The van der Waals surface area contributed by atoms with Crippen LogP contribution in [0.1, 0.15) is 41.0 Å². The SMILES string of the molecule is CC[C@H](C(=O)NC(C(C)C)C(C)C)N(c1cc(Cl)ccc1Cl)S(C)(=O)=O. The zero-order valence-electron chi connectivity index (χ0n) is 16.1. The number of sulfonamides is 1. The molecule has 5 nitrogen and oxygen atoms in total. The van der Waals surface area contributed by atoms with Crippen molar-refractivity contribution < 1.29 is 13.2 Å². The fourth-order valence-electron chi connectivity index (χ4n) is 3.05. The van der Waals surface area contributed by atoms with Crippen LogP contribution in [0.25, 0.3) is 0 Å². The number of carbonyl (C=O) groups excluding carboxylic acids is 1. The summed E-state index contributed by atoms with van der Waals surface area (Å²) in [4.78, 5) is 13.0. The summed E-state index contributed by atoms with van der Waals surface area (Å²) in [7, 11) is -3.76. The Morgan fingerprint density at radius 3 is 2.12 bits per heavy atom. The van der Waals surface area contributed by atoms with Crippen molar-refractivity contribution >= 4 is 44.8 Å². The normalized spacial score (nSPS) is 13.3. The van der Waals surface area contributed by atoms with Crippen molar-refractivity contribution in [2.45, 2.75) is 53.1 Å². The van der Waals surface area contributed by atoms with E-state index in [2.05, 4.69) is 5.32 Å². The molecular formula is C18H28Cl2N2O3S. The molecule has 26 heavy (non-hydrogen) atoms. The second-order valence-corrected chi connectivity index (χ2v) is 9.80. The van der Waals surface area contributed by atoms with Crippen LogP contribution in [0.3, 0.4) is 0 Å². The van der Waals surface area contributed by atoms with Gasteiger partial charge >= 0.3 is 0 Å². The van der Waals surface area contributed by atoms with Gasteiger partial charge in [-0.25, -0.2) is 8.42 Å². The van der Waals surface area contributed by atoms with Gasteiger partial charge in [0, 0.05) is 11.1 Å². The highest BCUT2D eigenvalue weighted by Gasteiger charge is 2.34. The number of halogens is 2. The Morgan fingerprint density at radius 2 is 1.69 bits per heavy atom. The summed E-state index contributed by atoms with van der Waals surface area (Å²) >= 11 is 12.2. The van der Waals surface area contributed by atoms with Gasteiger partial charge in [-0.1, -0.05) is 57.8 Å². The number of hydrogen-bond acceptors (Lipinski definition) is 3. The lowest BCUT2D eigenvalue weighted by atomic mass is 9.93. The fourth-order valence-corrected chi connectivity index (χ4v) is 4.69. The summed E-state index contributed by atoms with van der Waals surface area (Å²) in [5.41, 5.74) is 0.203. The molecule has 0 fully saturated rings. The molecule has 0 aromatic heterocycles. The first-order valence-electron chi connectivity index (χ1n) is 8.64. The lowest BCUT2D eigenvalue weighted by molar-refractivity contribution is -0.123. The Balaban J connectivity index is 3.35. The highest BCUT2D eigenvalue weighted by atomic mass is 35.5. The minimum absolute atomic E-state index is 0.0622. The van der Waals surface area contributed by atoms with E-state index in [1.807, 2.05) is 27.7 Å². The Bertz CT molecular complexity index is 728. The zero-order valence-corrected chi connectivity index (χ0v) is 18.4. The number of amides is 1. The van der Waals surface area contributed by atoms with E-state index in [1.165, 1.54) is 12.1 Å². The standard InChI is InChI=1S/C18H28Cl2N2O3S/c1-7-15(18(23)21-17(11(2)3)12(4)5)22(26(6,24)25)16-10-13(19)8-9-14(16)20/h8-12,15,17H,7H2,1-6H3,(H,21,23)/t15-/m1/s1. The molecule has 0 unspecified atom stereocenters. The lowest BCUT2D eigenvalue weighted by Gasteiger charge is -2.34. The van der Waals surface area contributed by atoms with Gasteiger partial charge in [-0.2, -0.15) is 0 Å². The minimum atomic E-state index is -3.76. The summed E-state index contributed by atoms with van der Waals surface area (Å²) in [5, 5.41) is 3.56. The Morgan fingerprint density at radius 1 is 1.15 bits per heavy atom. The van der Waals surface area contributed by atoms with Gasteiger partial charge in [0.1, 0.15) is 6.04 Å². The number of carbonyl (C=O) groups is 1. The van der Waals surface area contributed by atoms with Crippen molar-refractivity contribution in [1.82, 2.24) is 5.32 Å². The van der Waals surface area contributed by atoms with Gasteiger partial charge in [0.25, 0.3) is 0 Å². The van der Waals surface area contributed by atoms with Crippen molar-refractivity contribution in [3.63, 3.8) is 0 Å². The summed E-state index contributed by atoms with van der Waals surface area (Å²) < 4.78 is 26.1. The van der Waals surface area contributed by atoms with Gasteiger partial charge in [0.2, 0.25) is 15.9 Å². The third-order valence-corrected chi connectivity index (χ3v) is 5.94. The molecule has 0 aliphatic rings. The molecule has 1 aromatic carbocycles. The van der Waals surface area contributed by atoms with E-state index in [1.54, 1.807) is 13.0 Å². The molecule has 0 radical (unpaired) electrons. The molecule has 1 atom stereocenters. The smallest absolute Gasteiger partial charge is 0.244 e.